The lowest BCUT2D eigenvalue weighted by atomic mass is 10.1. The molecule has 2 aromatic heterocycles. The van der Waals surface area contributed by atoms with E-state index in [0.717, 1.165) is 5.01 Å². The molecule has 0 unspecified atom stereocenters. The van der Waals surface area contributed by atoms with Crippen molar-refractivity contribution >= 4 is 22.3 Å². The van der Waals surface area contributed by atoms with Crippen LogP contribution in [0.4, 0.5) is 0 Å². The standard InChI is InChI=1S/C14H11NO4S/c1-7-15-10(6-20-7)12-13(16)9-4-3-8(18-2)5-11(9)19-14(12)17/h3-6,16H,1-2H3. The summed E-state index contributed by atoms with van der Waals surface area (Å²) >= 11 is 1.41. The molecule has 3 rings (SSSR count). The Morgan fingerprint density at radius 1 is 1.40 bits per heavy atom. The van der Waals surface area contributed by atoms with Crippen LogP contribution < -0.4 is 10.4 Å². The van der Waals surface area contributed by atoms with E-state index in [2.05, 4.69) is 4.98 Å². The quantitative estimate of drug-likeness (QED) is 0.734. The number of fused-ring (bicyclic) bond motifs is 1. The molecule has 6 heteroatoms. The van der Waals surface area contributed by atoms with E-state index in [1.807, 2.05) is 6.92 Å². The van der Waals surface area contributed by atoms with Crippen LogP contribution in [0.15, 0.2) is 32.8 Å². The van der Waals surface area contributed by atoms with Crippen molar-refractivity contribution in [1.29, 1.82) is 0 Å². The Balaban J connectivity index is 2.32. The second-order valence-corrected chi connectivity index (χ2v) is 5.29. The molecule has 0 saturated heterocycles. The molecule has 3 aromatic rings. The van der Waals surface area contributed by atoms with Crippen molar-refractivity contribution in [2.45, 2.75) is 6.92 Å². The number of hydrogen-bond acceptors (Lipinski definition) is 6. The van der Waals surface area contributed by atoms with Gasteiger partial charge in [0.05, 0.1) is 23.2 Å². The Morgan fingerprint density at radius 3 is 2.85 bits per heavy atom. The van der Waals surface area contributed by atoms with Gasteiger partial charge in [-0.05, 0) is 19.1 Å². The maximum Gasteiger partial charge on any atom is 0.349 e. The normalized spacial score (nSPS) is 10.9. The Morgan fingerprint density at radius 2 is 2.20 bits per heavy atom. The van der Waals surface area contributed by atoms with E-state index < -0.39 is 5.63 Å². The van der Waals surface area contributed by atoms with Gasteiger partial charge in [-0.25, -0.2) is 9.78 Å². The lowest BCUT2D eigenvalue weighted by Gasteiger charge is -2.06. The number of aryl methyl sites for hydroxylation is 1. The van der Waals surface area contributed by atoms with Gasteiger partial charge < -0.3 is 14.3 Å². The molecular weight excluding hydrogens is 278 g/mol. The van der Waals surface area contributed by atoms with Gasteiger partial charge in [-0.15, -0.1) is 11.3 Å². The summed E-state index contributed by atoms with van der Waals surface area (Å²) in [6, 6.07) is 4.90. The molecule has 0 bridgehead atoms. The van der Waals surface area contributed by atoms with Crippen LogP contribution in [0.25, 0.3) is 22.2 Å². The molecule has 0 aliphatic carbocycles. The number of ether oxygens (including phenoxy) is 1. The number of nitrogens with zero attached hydrogens (tertiary/aromatic N) is 1. The Labute approximate surface area is 118 Å². The number of rotatable bonds is 2. The summed E-state index contributed by atoms with van der Waals surface area (Å²) in [5, 5.41) is 13.3. The van der Waals surface area contributed by atoms with Crippen LogP contribution in [0, 0.1) is 6.92 Å². The minimum absolute atomic E-state index is 0.0898. The summed E-state index contributed by atoms with van der Waals surface area (Å²) < 4.78 is 10.3. The zero-order valence-electron chi connectivity index (χ0n) is 10.8. The summed E-state index contributed by atoms with van der Waals surface area (Å²) in [5.74, 6) is 0.432. The number of hydrogen-bond donors (Lipinski definition) is 1. The highest BCUT2D eigenvalue weighted by Gasteiger charge is 2.18. The largest absolute Gasteiger partial charge is 0.506 e. The van der Waals surface area contributed by atoms with Crippen molar-refractivity contribution < 1.29 is 14.3 Å². The van der Waals surface area contributed by atoms with E-state index >= 15 is 0 Å². The molecule has 102 valence electrons. The van der Waals surface area contributed by atoms with Gasteiger partial charge in [0.2, 0.25) is 0 Å². The second kappa shape index (κ2) is 4.64. The first-order chi connectivity index (χ1) is 9.60. The lowest BCUT2D eigenvalue weighted by Crippen LogP contribution is -2.04. The predicted octanol–water partition coefficient (Wildman–Crippen LogP) is 2.94. The third kappa shape index (κ3) is 1.94. The van der Waals surface area contributed by atoms with E-state index in [1.54, 1.807) is 23.6 Å². The number of aromatic hydroxyl groups is 1. The highest BCUT2D eigenvalue weighted by atomic mass is 32.1. The van der Waals surface area contributed by atoms with Crippen molar-refractivity contribution in [2.24, 2.45) is 0 Å². The smallest absolute Gasteiger partial charge is 0.349 e. The Hall–Kier alpha value is -2.34. The highest BCUT2D eigenvalue weighted by Crippen LogP contribution is 2.34. The van der Waals surface area contributed by atoms with E-state index in [9.17, 15) is 9.90 Å². The van der Waals surface area contributed by atoms with E-state index in [4.69, 9.17) is 9.15 Å². The summed E-state index contributed by atoms with van der Waals surface area (Å²) in [6.45, 7) is 1.83. The van der Waals surface area contributed by atoms with Crippen molar-refractivity contribution in [2.75, 3.05) is 7.11 Å². The summed E-state index contributed by atoms with van der Waals surface area (Å²) in [4.78, 5) is 16.3. The minimum Gasteiger partial charge on any atom is -0.506 e. The first kappa shape index (κ1) is 12.7. The lowest BCUT2D eigenvalue weighted by molar-refractivity contribution is 0.413. The van der Waals surface area contributed by atoms with Gasteiger partial charge in [-0.2, -0.15) is 0 Å². The molecule has 0 fully saturated rings. The molecular formula is C14H11NO4S. The molecule has 2 heterocycles. The number of methoxy groups -OCH3 is 1. The van der Waals surface area contributed by atoms with Gasteiger partial charge in [-0.3, -0.25) is 0 Å². The van der Waals surface area contributed by atoms with Crippen molar-refractivity contribution in [3.8, 4) is 22.8 Å². The van der Waals surface area contributed by atoms with Crippen LogP contribution in [0.3, 0.4) is 0 Å². The fraction of sp³-hybridized carbons (Fsp3) is 0.143. The molecule has 0 radical (unpaired) electrons. The SMILES string of the molecule is COc1ccc2c(O)c(-c3csc(C)n3)c(=O)oc2c1. The number of benzene rings is 1. The highest BCUT2D eigenvalue weighted by molar-refractivity contribution is 7.09. The summed E-state index contributed by atoms with van der Waals surface area (Å²) in [6.07, 6.45) is 0. The first-order valence-corrected chi connectivity index (χ1v) is 6.74. The molecule has 0 amide bonds. The zero-order chi connectivity index (χ0) is 14.3. The summed E-state index contributed by atoms with van der Waals surface area (Å²) in [7, 11) is 1.52. The second-order valence-electron chi connectivity index (χ2n) is 4.23. The monoisotopic (exact) mass is 289 g/mol. The molecule has 1 aromatic carbocycles. The molecule has 0 spiro atoms. The van der Waals surface area contributed by atoms with E-state index in [-0.39, 0.29) is 16.9 Å². The van der Waals surface area contributed by atoms with Crippen LogP contribution in [0.1, 0.15) is 5.01 Å². The number of aromatic nitrogens is 1. The minimum atomic E-state index is -0.617. The molecule has 1 N–H and O–H groups in total. The van der Waals surface area contributed by atoms with Crippen LogP contribution >= 0.6 is 11.3 Å². The molecule has 0 saturated carbocycles. The maximum absolute atomic E-state index is 12.1. The van der Waals surface area contributed by atoms with Gasteiger partial charge in [0, 0.05) is 11.4 Å². The fourth-order valence-electron chi connectivity index (χ4n) is 2.00. The summed E-state index contributed by atoms with van der Waals surface area (Å²) in [5.41, 5.74) is 0.180. The zero-order valence-corrected chi connectivity index (χ0v) is 11.7. The van der Waals surface area contributed by atoms with Crippen LogP contribution in [-0.4, -0.2) is 17.2 Å². The van der Waals surface area contributed by atoms with E-state index in [1.165, 1.54) is 18.4 Å². The van der Waals surface area contributed by atoms with Gasteiger partial charge >= 0.3 is 5.63 Å². The van der Waals surface area contributed by atoms with E-state index in [0.29, 0.717) is 16.8 Å². The topological polar surface area (TPSA) is 72.6 Å². The van der Waals surface area contributed by atoms with Crippen molar-refractivity contribution in [1.82, 2.24) is 4.98 Å². The van der Waals surface area contributed by atoms with Gasteiger partial charge in [0.25, 0.3) is 0 Å². The average Bonchev–Trinajstić information content (AvgIpc) is 2.84. The van der Waals surface area contributed by atoms with Crippen molar-refractivity contribution in [3.63, 3.8) is 0 Å². The molecule has 0 aliphatic rings. The number of thiazole rings is 1. The van der Waals surface area contributed by atoms with Crippen LogP contribution in [-0.2, 0) is 0 Å². The molecule has 20 heavy (non-hydrogen) atoms. The fourth-order valence-corrected chi connectivity index (χ4v) is 2.60. The van der Waals surface area contributed by atoms with Gasteiger partial charge in [0.15, 0.2) is 0 Å². The molecule has 0 aliphatic heterocycles. The predicted molar refractivity (Wildman–Crippen MR) is 76.5 cm³/mol. The average molecular weight is 289 g/mol. The third-order valence-corrected chi connectivity index (χ3v) is 3.74. The Kier molecular flexibility index (Phi) is 2.94. The third-order valence-electron chi connectivity index (χ3n) is 2.96. The maximum atomic E-state index is 12.1. The van der Waals surface area contributed by atoms with Crippen LogP contribution in [0.5, 0.6) is 11.5 Å². The van der Waals surface area contributed by atoms with Gasteiger partial charge in [-0.1, -0.05) is 0 Å². The molecule has 0 atom stereocenters. The van der Waals surface area contributed by atoms with Crippen LogP contribution in [0.2, 0.25) is 0 Å². The van der Waals surface area contributed by atoms with Crippen molar-refractivity contribution in [3.05, 3.63) is 39.0 Å². The van der Waals surface area contributed by atoms with Gasteiger partial charge in [0.1, 0.15) is 22.6 Å². The Bertz CT molecular complexity index is 850. The first-order valence-electron chi connectivity index (χ1n) is 5.86. The molecule has 5 nitrogen and oxygen atoms in total.